The van der Waals surface area contributed by atoms with Crippen molar-refractivity contribution in [3.05, 3.63) is 23.4 Å². The van der Waals surface area contributed by atoms with Crippen molar-refractivity contribution in [2.24, 2.45) is 0 Å². The predicted molar refractivity (Wildman–Crippen MR) is 67.4 cm³/mol. The molecule has 0 spiro atoms. The molecule has 18 heavy (non-hydrogen) atoms. The van der Waals surface area contributed by atoms with E-state index in [1.807, 2.05) is 0 Å². The largest absolute Gasteiger partial charge is 0.454 e. The van der Waals surface area contributed by atoms with Gasteiger partial charge in [0.05, 0.1) is 10.6 Å². The fraction of sp³-hybridized carbons (Fsp3) is 0.0909. The number of nitrogen functional groups attached to an aromatic ring is 2. The van der Waals surface area contributed by atoms with E-state index in [-0.39, 0.29) is 18.6 Å². The van der Waals surface area contributed by atoms with E-state index in [9.17, 15) is 0 Å². The lowest BCUT2D eigenvalue weighted by atomic mass is 10.1. The summed E-state index contributed by atoms with van der Waals surface area (Å²) in [5, 5.41) is 0.485. The lowest BCUT2D eigenvalue weighted by Gasteiger charge is -2.10. The van der Waals surface area contributed by atoms with Crippen molar-refractivity contribution in [2.75, 3.05) is 18.3 Å². The van der Waals surface area contributed by atoms with Crippen LogP contribution >= 0.6 is 11.6 Å². The van der Waals surface area contributed by atoms with Crippen molar-refractivity contribution in [2.45, 2.75) is 0 Å². The summed E-state index contributed by atoms with van der Waals surface area (Å²) in [5.41, 5.74) is 12.5. The van der Waals surface area contributed by atoms with E-state index in [0.717, 1.165) is 0 Å². The summed E-state index contributed by atoms with van der Waals surface area (Å²) in [5.74, 6) is 1.51. The van der Waals surface area contributed by atoms with Gasteiger partial charge in [0.15, 0.2) is 11.5 Å². The second kappa shape index (κ2) is 3.92. The zero-order valence-corrected chi connectivity index (χ0v) is 9.94. The molecule has 0 radical (unpaired) electrons. The van der Waals surface area contributed by atoms with Gasteiger partial charge in [-0.2, -0.15) is 4.98 Å². The Balaban J connectivity index is 2.26. The highest BCUT2D eigenvalue weighted by atomic mass is 35.5. The lowest BCUT2D eigenvalue weighted by Crippen LogP contribution is -2.01. The number of benzene rings is 1. The van der Waals surface area contributed by atoms with Gasteiger partial charge in [0.1, 0.15) is 5.82 Å². The van der Waals surface area contributed by atoms with Gasteiger partial charge in [0.2, 0.25) is 12.7 Å². The summed E-state index contributed by atoms with van der Waals surface area (Å²) in [6.45, 7) is 0.151. The van der Waals surface area contributed by atoms with Crippen molar-refractivity contribution < 1.29 is 9.47 Å². The molecule has 0 unspecified atom stereocenters. The lowest BCUT2D eigenvalue weighted by molar-refractivity contribution is 0.174. The summed E-state index contributed by atoms with van der Waals surface area (Å²) in [7, 11) is 0. The number of hydrogen-bond acceptors (Lipinski definition) is 6. The van der Waals surface area contributed by atoms with Gasteiger partial charge in [0.25, 0.3) is 0 Å². The van der Waals surface area contributed by atoms with Gasteiger partial charge < -0.3 is 20.9 Å². The normalized spacial score (nSPS) is 12.7. The van der Waals surface area contributed by atoms with Crippen LogP contribution in [0.2, 0.25) is 5.02 Å². The first kappa shape index (κ1) is 10.9. The van der Waals surface area contributed by atoms with Crippen LogP contribution in [0.1, 0.15) is 0 Å². The maximum absolute atomic E-state index is 6.18. The first-order valence-electron chi connectivity index (χ1n) is 5.13. The number of nitrogens with zero attached hydrogens (tertiary/aromatic N) is 2. The minimum absolute atomic E-state index is 0.108. The number of ether oxygens (including phenoxy) is 2. The molecule has 4 N–H and O–H groups in total. The molecule has 0 amide bonds. The molecule has 0 atom stereocenters. The van der Waals surface area contributed by atoms with Crippen LogP contribution in [-0.4, -0.2) is 16.8 Å². The van der Waals surface area contributed by atoms with Crippen LogP contribution in [0.25, 0.3) is 11.1 Å². The van der Waals surface area contributed by atoms with Gasteiger partial charge in [-0.05, 0) is 12.1 Å². The first-order valence-corrected chi connectivity index (χ1v) is 5.51. The standard InChI is InChI=1S/C11H9ClN4O2/c12-6-1-2-7-9(18-4-17-7)8(6)5-3-15-11(14)16-10(5)13/h1-3H,4H2,(H4,13,14,15,16). The van der Waals surface area contributed by atoms with Crippen LogP contribution in [0, 0.1) is 0 Å². The number of rotatable bonds is 1. The monoisotopic (exact) mass is 264 g/mol. The average molecular weight is 265 g/mol. The Hall–Kier alpha value is -2.21. The van der Waals surface area contributed by atoms with Gasteiger partial charge >= 0.3 is 0 Å². The SMILES string of the molecule is Nc1ncc(-c2c(Cl)ccc3c2OCO3)c(N)n1. The third kappa shape index (κ3) is 1.58. The Morgan fingerprint density at radius 3 is 2.83 bits per heavy atom. The van der Waals surface area contributed by atoms with E-state index in [1.54, 1.807) is 12.1 Å². The van der Waals surface area contributed by atoms with Crippen LogP contribution < -0.4 is 20.9 Å². The van der Waals surface area contributed by atoms with E-state index in [0.29, 0.717) is 27.6 Å². The number of aromatic nitrogens is 2. The van der Waals surface area contributed by atoms with E-state index in [2.05, 4.69) is 9.97 Å². The fourth-order valence-electron chi connectivity index (χ4n) is 1.80. The second-order valence-corrected chi connectivity index (χ2v) is 4.09. The molecule has 6 nitrogen and oxygen atoms in total. The van der Waals surface area contributed by atoms with Crippen LogP contribution in [0.5, 0.6) is 11.5 Å². The summed E-state index contributed by atoms with van der Waals surface area (Å²) < 4.78 is 10.7. The number of anilines is 2. The Kier molecular flexibility index (Phi) is 2.38. The van der Waals surface area contributed by atoms with Crippen molar-refractivity contribution in [3.8, 4) is 22.6 Å². The smallest absolute Gasteiger partial charge is 0.231 e. The van der Waals surface area contributed by atoms with E-state index < -0.39 is 0 Å². The minimum Gasteiger partial charge on any atom is -0.454 e. The van der Waals surface area contributed by atoms with Crippen molar-refractivity contribution >= 4 is 23.4 Å². The van der Waals surface area contributed by atoms with Gasteiger partial charge in [0, 0.05) is 11.8 Å². The zero-order chi connectivity index (χ0) is 12.7. The van der Waals surface area contributed by atoms with Crippen molar-refractivity contribution in [1.29, 1.82) is 0 Å². The zero-order valence-electron chi connectivity index (χ0n) is 9.18. The molecule has 1 aliphatic heterocycles. The maximum Gasteiger partial charge on any atom is 0.231 e. The molecular weight excluding hydrogens is 256 g/mol. The van der Waals surface area contributed by atoms with Crippen LogP contribution in [0.15, 0.2) is 18.3 Å². The second-order valence-electron chi connectivity index (χ2n) is 3.68. The highest BCUT2D eigenvalue weighted by Crippen LogP contribution is 2.46. The van der Waals surface area contributed by atoms with E-state index in [4.69, 9.17) is 32.5 Å². The predicted octanol–water partition coefficient (Wildman–Crippen LogP) is 1.69. The van der Waals surface area contributed by atoms with E-state index in [1.165, 1.54) is 6.20 Å². The molecule has 0 aliphatic carbocycles. The van der Waals surface area contributed by atoms with Crippen LogP contribution in [0.4, 0.5) is 11.8 Å². The summed E-state index contributed by atoms with van der Waals surface area (Å²) in [6.07, 6.45) is 1.51. The quantitative estimate of drug-likeness (QED) is 0.814. The molecule has 1 aliphatic rings. The minimum atomic E-state index is 0.108. The third-order valence-electron chi connectivity index (χ3n) is 2.59. The Labute approximate surface area is 107 Å². The molecule has 3 rings (SSSR count). The van der Waals surface area contributed by atoms with Gasteiger partial charge in [-0.1, -0.05) is 11.6 Å². The molecule has 1 aromatic carbocycles. The molecule has 7 heteroatoms. The number of halogens is 1. The number of hydrogen-bond donors (Lipinski definition) is 2. The van der Waals surface area contributed by atoms with E-state index >= 15 is 0 Å². The molecule has 0 saturated carbocycles. The van der Waals surface area contributed by atoms with Crippen LogP contribution in [0.3, 0.4) is 0 Å². The molecule has 2 aromatic rings. The highest BCUT2D eigenvalue weighted by Gasteiger charge is 2.23. The highest BCUT2D eigenvalue weighted by molar-refractivity contribution is 6.34. The van der Waals surface area contributed by atoms with Gasteiger partial charge in [-0.3, -0.25) is 0 Å². The van der Waals surface area contributed by atoms with Crippen molar-refractivity contribution in [1.82, 2.24) is 9.97 Å². The van der Waals surface area contributed by atoms with Crippen LogP contribution in [-0.2, 0) is 0 Å². The third-order valence-corrected chi connectivity index (χ3v) is 2.91. The summed E-state index contributed by atoms with van der Waals surface area (Å²) >= 11 is 6.18. The topological polar surface area (TPSA) is 96.3 Å². The molecule has 1 aromatic heterocycles. The molecule has 0 fully saturated rings. The Morgan fingerprint density at radius 1 is 1.22 bits per heavy atom. The Bertz CT molecular complexity index is 633. The van der Waals surface area contributed by atoms with Gasteiger partial charge in [-0.25, -0.2) is 4.98 Å². The van der Waals surface area contributed by atoms with Crippen molar-refractivity contribution in [3.63, 3.8) is 0 Å². The molecule has 92 valence electrons. The average Bonchev–Trinajstić information content (AvgIpc) is 2.79. The first-order chi connectivity index (χ1) is 8.66. The maximum atomic E-state index is 6.18. The summed E-state index contributed by atoms with van der Waals surface area (Å²) in [4.78, 5) is 7.82. The Morgan fingerprint density at radius 2 is 2.06 bits per heavy atom. The number of fused-ring (bicyclic) bond motifs is 1. The molecule has 0 saturated heterocycles. The number of nitrogens with two attached hydrogens (primary N) is 2. The fourth-order valence-corrected chi connectivity index (χ4v) is 2.05. The molecular formula is C11H9ClN4O2. The summed E-state index contributed by atoms with van der Waals surface area (Å²) in [6, 6.07) is 3.45. The van der Waals surface area contributed by atoms with Gasteiger partial charge in [-0.15, -0.1) is 0 Å². The molecule has 0 bridgehead atoms. The molecule has 2 heterocycles.